The van der Waals surface area contributed by atoms with Crippen molar-refractivity contribution in [2.75, 3.05) is 20.1 Å². The lowest BCUT2D eigenvalue weighted by atomic mass is 10.1. The average molecular weight is 334 g/mol. The van der Waals surface area contributed by atoms with E-state index in [0.29, 0.717) is 29.5 Å². The molecule has 1 unspecified atom stereocenters. The Morgan fingerprint density at radius 1 is 1.36 bits per heavy atom. The summed E-state index contributed by atoms with van der Waals surface area (Å²) in [5, 5.41) is 12.0. The van der Waals surface area contributed by atoms with Crippen LogP contribution in [0.2, 0.25) is 0 Å². The molecule has 5 nitrogen and oxygen atoms in total. The molecule has 1 aromatic carbocycles. The molecule has 2 heterocycles. The number of rotatable bonds is 5. The highest BCUT2D eigenvalue weighted by Crippen LogP contribution is 2.19. The smallest absolute Gasteiger partial charge is 0.251 e. The number of nitrogens with one attached hydrogen (secondary N) is 1. The molecule has 0 radical (unpaired) electrons. The van der Waals surface area contributed by atoms with E-state index in [1.54, 1.807) is 18.2 Å². The van der Waals surface area contributed by atoms with Crippen LogP contribution in [0.1, 0.15) is 35.3 Å². The molecule has 1 aromatic heterocycles. The van der Waals surface area contributed by atoms with E-state index in [0.717, 1.165) is 18.5 Å². The summed E-state index contributed by atoms with van der Waals surface area (Å²) in [6.07, 6.45) is 3.43. The van der Waals surface area contributed by atoms with Crippen LogP contribution in [0, 0.1) is 11.3 Å². The van der Waals surface area contributed by atoms with Crippen molar-refractivity contribution in [3.05, 3.63) is 53.7 Å². The van der Waals surface area contributed by atoms with Gasteiger partial charge in [-0.15, -0.1) is 0 Å². The normalized spacial score (nSPS) is 17.2. The number of nitriles is 1. The van der Waals surface area contributed by atoms with Crippen molar-refractivity contribution >= 4 is 5.91 Å². The summed E-state index contributed by atoms with van der Waals surface area (Å²) in [7, 11) is 2.14. The largest absolute Gasteiger partial charge is 0.352 e. The zero-order valence-corrected chi connectivity index (χ0v) is 14.4. The minimum absolute atomic E-state index is 0.0704. The third kappa shape index (κ3) is 4.23. The first-order valence-electron chi connectivity index (χ1n) is 8.63. The Balaban J connectivity index is 1.64. The SMILES string of the molecule is CN1CCCC1CCNC(=O)c1cccc(-c2cccc(C#N)n2)c1. The molecular formula is C20H22N4O. The van der Waals surface area contributed by atoms with E-state index in [9.17, 15) is 4.79 Å². The number of hydrogen-bond donors (Lipinski definition) is 1. The summed E-state index contributed by atoms with van der Waals surface area (Å²) in [6.45, 7) is 1.83. The summed E-state index contributed by atoms with van der Waals surface area (Å²) >= 11 is 0. The molecule has 5 heteroatoms. The van der Waals surface area contributed by atoms with Gasteiger partial charge in [0.2, 0.25) is 0 Å². The fourth-order valence-corrected chi connectivity index (χ4v) is 3.28. The Bertz CT molecular complexity index is 796. The van der Waals surface area contributed by atoms with Crippen molar-refractivity contribution in [1.29, 1.82) is 5.26 Å². The maximum Gasteiger partial charge on any atom is 0.251 e. The second-order valence-electron chi connectivity index (χ2n) is 6.42. The predicted molar refractivity (Wildman–Crippen MR) is 97.0 cm³/mol. The first kappa shape index (κ1) is 17.1. The molecule has 2 aromatic rings. The Labute approximate surface area is 148 Å². The molecule has 0 saturated carbocycles. The summed E-state index contributed by atoms with van der Waals surface area (Å²) in [5.41, 5.74) is 2.51. The Kier molecular flexibility index (Phi) is 5.42. The summed E-state index contributed by atoms with van der Waals surface area (Å²) in [5.74, 6) is -0.0704. The summed E-state index contributed by atoms with van der Waals surface area (Å²) in [4.78, 5) is 19.1. The first-order chi connectivity index (χ1) is 12.2. The third-order valence-electron chi connectivity index (χ3n) is 4.72. The molecule has 0 aliphatic carbocycles. The van der Waals surface area contributed by atoms with Crippen molar-refractivity contribution in [3.63, 3.8) is 0 Å². The van der Waals surface area contributed by atoms with Crippen LogP contribution in [0.15, 0.2) is 42.5 Å². The van der Waals surface area contributed by atoms with E-state index >= 15 is 0 Å². The van der Waals surface area contributed by atoms with Crippen LogP contribution < -0.4 is 5.32 Å². The maximum absolute atomic E-state index is 12.4. The third-order valence-corrected chi connectivity index (χ3v) is 4.72. The number of hydrogen-bond acceptors (Lipinski definition) is 4. The molecule has 0 bridgehead atoms. The van der Waals surface area contributed by atoms with Gasteiger partial charge < -0.3 is 10.2 Å². The van der Waals surface area contributed by atoms with Crippen LogP contribution in [0.25, 0.3) is 11.3 Å². The predicted octanol–water partition coefficient (Wildman–Crippen LogP) is 2.83. The highest BCUT2D eigenvalue weighted by atomic mass is 16.1. The molecule has 1 fully saturated rings. The summed E-state index contributed by atoms with van der Waals surface area (Å²) in [6, 6.07) is 15.3. The van der Waals surface area contributed by atoms with Crippen LogP contribution in [-0.4, -0.2) is 42.0 Å². The number of amides is 1. The molecule has 1 aliphatic heterocycles. The monoisotopic (exact) mass is 334 g/mol. The lowest BCUT2D eigenvalue weighted by Gasteiger charge is -2.19. The summed E-state index contributed by atoms with van der Waals surface area (Å²) < 4.78 is 0. The van der Waals surface area contributed by atoms with Gasteiger partial charge in [-0.25, -0.2) is 4.98 Å². The lowest BCUT2D eigenvalue weighted by Crippen LogP contribution is -2.31. The number of carbonyl (C=O) groups is 1. The maximum atomic E-state index is 12.4. The fraction of sp³-hybridized carbons (Fsp3) is 0.350. The van der Waals surface area contributed by atoms with Gasteiger partial charge in [0.15, 0.2) is 0 Å². The molecule has 1 aliphatic rings. The van der Waals surface area contributed by atoms with Gasteiger partial charge in [-0.3, -0.25) is 4.79 Å². The van der Waals surface area contributed by atoms with E-state index in [1.165, 1.54) is 12.8 Å². The highest BCUT2D eigenvalue weighted by molar-refractivity contribution is 5.95. The number of likely N-dealkylation sites (tertiary alicyclic amines) is 1. The minimum atomic E-state index is -0.0704. The lowest BCUT2D eigenvalue weighted by molar-refractivity contribution is 0.0950. The number of aromatic nitrogens is 1. The Hall–Kier alpha value is -2.71. The van der Waals surface area contributed by atoms with E-state index in [2.05, 4.69) is 22.2 Å². The van der Waals surface area contributed by atoms with Gasteiger partial charge in [-0.05, 0) is 57.1 Å². The van der Waals surface area contributed by atoms with Crippen LogP contribution in [0.4, 0.5) is 0 Å². The number of benzene rings is 1. The molecule has 25 heavy (non-hydrogen) atoms. The van der Waals surface area contributed by atoms with Gasteiger partial charge in [-0.1, -0.05) is 18.2 Å². The van der Waals surface area contributed by atoms with Crippen LogP contribution in [0.3, 0.4) is 0 Å². The molecule has 128 valence electrons. The molecule has 1 atom stereocenters. The van der Waals surface area contributed by atoms with Crippen LogP contribution >= 0.6 is 0 Å². The van der Waals surface area contributed by atoms with E-state index in [4.69, 9.17) is 5.26 Å². The zero-order valence-electron chi connectivity index (χ0n) is 14.4. The molecule has 0 spiro atoms. The van der Waals surface area contributed by atoms with Crippen LogP contribution in [0.5, 0.6) is 0 Å². The van der Waals surface area contributed by atoms with E-state index < -0.39 is 0 Å². The molecule has 3 rings (SSSR count). The molecule has 1 amide bonds. The van der Waals surface area contributed by atoms with Crippen molar-refractivity contribution in [2.24, 2.45) is 0 Å². The van der Waals surface area contributed by atoms with Gasteiger partial charge in [0.25, 0.3) is 5.91 Å². The molecule has 1 saturated heterocycles. The van der Waals surface area contributed by atoms with Crippen LogP contribution in [-0.2, 0) is 0 Å². The van der Waals surface area contributed by atoms with Gasteiger partial charge in [-0.2, -0.15) is 5.26 Å². The average Bonchev–Trinajstić information content (AvgIpc) is 3.07. The standard InChI is InChI=1S/C20H22N4O/c1-24-12-4-8-18(24)10-11-22-20(25)16-6-2-5-15(13-16)19-9-3-7-17(14-21)23-19/h2-3,5-7,9,13,18H,4,8,10-12H2,1H3,(H,22,25). The van der Waals surface area contributed by atoms with Crippen molar-refractivity contribution in [2.45, 2.75) is 25.3 Å². The van der Waals surface area contributed by atoms with Crippen molar-refractivity contribution in [1.82, 2.24) is 15.2 Å². The number of nitrogens with zero attached hydrogens (tertiary/aromatic N) is 3. The van der Waals surface area contributed by atoms with Crippen molar-refractivity contribution < 1.29 is 4.79 Å². The topological polar surface area (TPSA) is 69.0 Å². The van der Waals surface area contributed by atoms with Gasteiger partial charge in [0.05, 0.1) is 5.69 Å². The number of pyridine rings is 1. The second kappa shape index (κ2) is 7.91. The van der Waals surface area contributed by atoms with E-state index in [-0.39, 0.29) is 5.91 Å². The Morgan fingerprint density at radius 3 is 2.96 bits per heavy atom. The number of carbonyl (C=O) groups excluding carboxylic acids is 1. The van der Waals surface area contributed by atoms with Gasteiger partial charge in [0, 0.05) is 23.7 Å². The first-order valence-corrected chi connectivity index (χ1v) is 8.63. The fourth-order valence-electron chi connectivity index (χ4n) is 3.28. The Morgan fingerprint density at radius 2 is 2.20 bits per heavy atom. The van der Waals surface area contributed by atoms with Gasteiger partial charge >= 0.3 is 0 Å². The zero-order chi connectivity index (χ0) is 17.6. The minimum Gasteiger partial charge on any atom is -0.352 e. The quantitative estimate of drug-likeness (QED) is 0.913. The van der Waals surface area contributed by atoms with Gasteiger partial charge in [0.1, 0.15) is 11.8 Å². The molecule has 1 N–H and O–H groups in total. The molecular weight excluding hydrogens is 312 g/mol. The van der Waals surface area contributed by atoms with E-state index in [1.807, 2.05) is 30.3 Å². The highest BCUT2D eigenvalue weighted by Gasteiger charge is 2.20. The second-order valence-corrected chi connectivity index (χ2v) is 6.42. The van der Waals surface area contributed by atoms with Crippen molar-refractivity contribution in [3.8, 4) is 17.3 Å².